The van der Waals surface area contributed by atoms with Gasteiger partial charge in [-0.15, -0.1) is 0 Å². The Bertz CT molecular complexity index is 1070. The molecule has 0 radical (unpaired) electrons. The van der Waals surface area contributed by atoms with Crippen LogP contribution in [0, 0.1) is 0 Å². The molecule has 0 unspecified atom stereocenters. The van der Waals surface area contributed by atoms with Gasteiger partial charge in [0, 0.05) is 10.0 Å². The molecule has 0 saturated carbocycles. The van der Waals surface area contributed by atoms with E-state index in [1.165, 1.54) is 10.9 Å². The van der Waals surface area contributed by atoms with Gasteiger partial charge < -0.3 is 4.42 Å². The minimum Gasteiger partial charge on any atom is -0.439 e. The largest absolute Gasteiger partial charge is 0.439 e. The normalized spacial score (nSPS) is 11.0. The summed E-state index contributed by atoms with van der Waals surface area (Å²) in [7, 11) is 0. The zero-order chi connectivity index (χ0) is 16.5. The van der Waals surface area contributed by atoms with Gasteiger partial charge in [-0.05, 0) is 18.2 Å². The van der Waals surface area contributed by atoms with Crippen LogP contribution in [0.15, 0.2) is 74.7 Å². The Balaban J connectivity index is 1.69. The fourth-order valence-electron chi connectivity index (χ4n) is 2.51. The van der Waals surface area contributed by atoms with E-state index in [2.05, 4.69) is 25.9 Å². The molecule has 6 heteroatoms. The van der Waals surface area contributed by atoms with Crippen molar-refractivity contribution in [2.24, 2.45) is 0 Å². The molecule has 0 atom stereocenters. The maximum atomic E-state index is 12.6. The maximum absolute atomic E-state index is 12.6. The summed E-state index contributed by atoms with van der Waals surface area (Å²) in [6, 6.07) is 15.2. The van der Waals surface area contributed by atoms with Crippen LogP contribution in [-0.2, 0) is 6.54 Å². The average Bonchev–Trinajstić information content (AvgIpc) is 3.07. The number of hydrogen-bond donors (Lipinski definition) is 0. The molecule has 0 fully saturated rings. The molecule has 24 heavy (non-hydrogen) atoms. The molecule has 5 nitrogen and oxygen atoms in total. The van der Waals surface area contributed by atoms with E-state index < -0.39 is 0 Å². The van der Waals surface area contributed by atoms with Gasteiger partial charge in [-0.2, -0.15) is 0 Å². The molecule has 0 saturated heterocycles. The van der Waals surface area contributed by atoms with Gasteiger partial charge in [-0.1, -0.05) is 46.3 Å². The van der Waals surface area contributed by atoms with Gasteiger partial charge in [0.2, 0.25) is 5.89 Å². The summed E-state index contributed by atoms with van der Waals surface area (Å²) in [6.07, 6.45) is 3.19. The molecule has 0 N–H and O–H groups in total. The summed E-state index contributed by atoms with van der Waals surface area (Å²) >= 11 is 3.38. The Labute approximate surface area is 145 Å². The van der Waals surface area contributed by atoms with Gasteiger partial charge in [0.25, 0.3) is 5.56 Å². The SMILES string of the molecule is O=c1c2cc(Br)ccc2ncn1Cc1ncc(-c2ccccc2)o1. The molecule has 4 rings (SSSR count). The number of hydrogen-bond acceptors (Lipinski definition) is 4. The molecular weight excluding hydrogens is 370 g/mol. The second-order valence-electron chi connectivity index (χ2n) is 5.32. The molecule has 2 heterocycles. The number of benzene rings is 2. The molecule has 0 aliphatic rings. The number of aromatic nitrogens is 3. The van der Waals surface area contributed by atoms with Crippen LogP contribution in [0.4, 0.5) is 0 Å². The number of oxazole rings is 1. The molecule has 2 aromatic carbocycles. The third kappa shape index (κ3) is 2.76. The molecule has 118 valence electrons. The molecular formula is C18H12BrN3O2. The minimum absolute atomic E-state index is 0.124. The van der Waals surface area contributed by atoms with Crippen molar-refractivity contribution >= 4 is 26.8 Å². The lowest BCUT2D eigenvalue weighted by Crippen LogP contribution is -2.21. The molecule has 0 spiro atoms. The third-order valence-corrected chi connectivity index (χ3v) is 4.20. The van der Waals surface area contributed by atoms with E-state index in [9.17, 15) is 4.79 Å². The van der Waals surface area contributed by atoms with E-state index in [0.29, 0.717) is 22.6 Å². The highest BCUT2D eigenvalue weighted by atomic mass is 79.9. The lowest BCUT2D eigenvalue weighted by atomic mass is 10.2. The van der Waals surface area contributed by atoms with Crippen molar-refractivity contribution < 1.29 is 4.42 Å². The van der Waals surface area contributed by atoms with Crippen LogP contribution in [0.2, 0.25) is 0 Å². The number of rotatable bonds is 3. The van der Waals surface area contributed by atoms with Crippen molar-refractivity contribution in [2.45, 2.75) is 6.54 Å². The Morgan fingerprint density at radius 3 is 2.75 bits per heavy atom. The van der Waals surface area contributed by atoms with Gasteiger partial charge in [-0.3, -0.25) is 9.36 Å². The van der Waals surface area contributed by atoms with Gasteiger partial charge in [0.05, 0.1) is 23.4 Å². The van der Waals surface area contributed by atoms with Crippen LogP contribution < -0.4 is 5.56 Å². The van der Waals surface area contributed by atoms with Gasteiger partial charge in [0.1, 0.15) is 6.54 Å². The number of nitrogens with zero attached hydrogens (tertiary/aromatic N) is 3. The number of fused-ring (bicyclic) bond motifs is 1. The van der Waals surface area contributed by atoms with Crippen LogP contribution >= 0.6 is 15.9 Å². The summed E-state index contributed by atoms with van der Waals surface area (Å²) < 4.78 is 8.09. The zero-order valence-electron chi connectivity index (χ0n) is 12.5. The molecule has 4 aromatic rings. The first kappa shape index (κ1) is 14.8. The predicted octanol–water partition coefficient (Wildman–Crippen LogP) is 3.86. The Morgan fingerprint density at radius 1 is 1.08 bits per heavy atom. The fraction of sp³-hybridized carbons (Fsp3) is 0.0556. The highest BCUT2D eigenvalue weighted by molar-refractivity contribution is 9.10. The van der Waals surface area contributed by atoms with Crippen molar-refractivity contribution in [1.82, 2.24) is 14.5 Å². The second kappa shape index (κ2) is 6.05. The Morgan fingerprint density at radius 2 is 1.92 bits per heavy atom. The fourth-order valence-corrected chi connectivity index (χ4v) is 2.87. The summed E-state index contributed by atoms with van der Waals surface area (Å²) in [5.41, 5.74) is 1.49. The molecule has 0 aliphatic carbocycles. The monoisotopic (exact) mass is 381 g/mol. The lowest BCUT2D eigenvalue weighted by molar-refractivity contribution is 0.484. The molecule has 0 aliphatic heterocycles. The van der Waals surface area contributed by atoms with Crippen LogP contribution in [0.1, 0.15) is 5.89 Å². The van der Waals surface area contributed by atoms with E-state index in [4.69, 9.17) is 4.42 Å². The standard InChI is InChI=1S/C18H12BrN3O2/c19-13-6-7-15-14(8-13)18(23)22(11-21-15)10-17-20-9-16(24-17)12-4-2-1-3-5-12/h1-9,11H,10H2. The second-order valence-corrected chi connectivity index (χ2v) is 6.24. The van der Waals surface area contributed by atoms with E-state index in [1.54, 1.807) is 12.3 Å². The smallest absolute Gasteiger partial charge is 0.261 e. The van der Waals surface area contributed by atoms with Crippen LogP contribution in [0.5, 0.6) is 0 Å². The summed E-state index contributed by atoms with van der Waals surface area (Å²) in [5.74, 6) is 1.14. The molecule has 0 amide bonds. The summed E-state index contributed by atoms with van der Waals surface area (Å²) in [4.78, 5) is 21.2. The van der Waals surface area contributed by atoms with E-state index in [1.807, 2.05) is 42.5 Å². The van der Waals surface area contributed by atoms with Crippen LogP contribution in [0.3, 0.4) is 0 Å². The van der Waals surface area contributed by atoms with Crippen molar-refractivity contribution in [2.75, 3.05) is 0 Å². The quantitative estimate of drug-likeness (QED) is 0.540. The first-order chi connectivity index (χ1) is 11.7. The average molecular weight is 382 g/mol. The highest BCUT2D eigenvalue weighted by Crippen LogP contribution is 2.20. The van der Waals surface area contributed by atoms with Crippen LogP contribution in [0.25, 0.3) is 22.2 Å². The third-order valence-electron chi connectivity index (χ3n) is 3.70. The van der Waals surface area contributed by atoms with Gasteiger partial charge >= 0.3 is 0 Å². The van der Waals surface area contributed by atoms with Gasteiger partial charge in [-0.25, -0.2) is 9.97 Å². The van der Waals surface area contributed by atoms with E-state index in [0.717, 1.165) is 10.0 Å². The topological polar surface area (TPSA) is 60.9 Å². The van der Waals surface area contributed by atoms with Crippen molar-refractivity contribution in [3.05, 3.63) is 81.8 Å². The first-order valence-electron chi connectivity index (χ1n) is 7.35. The molecule has 2 aromatic heterocycles. The maximum Gasteiger partial charge on any atom is 0.261 e. The zero-order valence-corrected chi connectivity index (χ0v) is 14.1. The van der Waals surface area contributed by atoms with E-state index in [-0.39, 0.29) is 12.1 Å². The van der Waals surface area contributed by atoms with Crippen molar-refractivity contribution in [1.29, 1.82) is 0 Å². The minimum atomic E-state index is -0.124. The van der Waals surface area contributed by atoms with Crippen LogP contribution in [-0.4, -0.2) is 14.5 Å². The molecule has 0 bridgehead atoms. The summed E-state index contributed by atoms with van der Waals surface area (Å²) in [5, 5.41) is 0.557. The van der Waals surface area contributed by atoms with Crippen molar-refractivity contribution in [3.63, 3.8) is 0 Å². The van der Waals surface area contributed by atoms with Gasteiger partial charge in [0.15, 0.2) is 5.76 Å². The predicted molar refractivity (Wildman–Crippen MR) is 94.7 cm³/mol. The highest BCUT2D eigenvalue weighted by Gasteiger charge is 2.10. The summed E-state index contributed by atoms with van der Waals surface area (Å²) in [6.45, 7) is 0.237. The lowest BCUT2D eigenvalue weighted by Gasteiger charge is -2.04. The first-order valence-corrected chi connectivity index (χ1v) is 8.15. The Kier molecular flexibility index (Phi) is 3.74. The van der Waals surface area contributed by atoms with Crippen molar-refractivity contribution in [3.8, 4) is 11.3 Å². The Hall–Kier alpha value is -2.73. The number of halogens is 1. The van der Waals surface area contributed by atoms with E-state index >= 15 is 0 Å².